The highest BCUT2D eigenvalue weighted by molar-refractivity contribution is 6.31. The molecule has 0 radical (unpaired) electrons. The van der Waals surface area contributed by atoms with Crippen LogP contribution in [-0.4, -0.2) is 41.0 Å². The van der Waals surface area contributed by atoms with E-state index in [1.807, 2.05) is 48.7 Å². The molecule has 4 nitrogen and oxygen atoms in total. The second kappa shape index (κ2) is 7.81. The first-order valence-corrected chi connectivity index (χ1v) is 8.38. The van der Waals surface area contributed by atoms with Crippen LogP contribution < -0.4 is 5.32 Å². The second-order valence-corrected chi connectivity index (χ2v) is 6.27. The van der Waals surface area contributed by atoms with Gasteiger partial charge in [0, 0.05) is 41.1 Å². The molecule has 1 heterocycles. The quantitative estimate of drug-likeness (QED) is 0.533. The molecule has 126 valence electrons. The lowest BCUT2D eigenvalue weighted by molar-refractivity contribution is 0.0944. The minimum absolute atomic E-state index is 0.0424. The van der Waals surface area contributed by atoms with Gasteiger partial charge in [-0.25, -0.2) is 0 Å². The van der Waals surface area contributed by atoms with Crippen LogP contribution in [0.1, 0.15) is 17.0 Å². The fourth-order valence-corrected chi connectivity index (χ4v) is 3.25. The van der Waals surface area contributed by atoms with Gasteiger partial charge >= 0.3 is 0 Å². The molecule has 0 fully saturated rings. The Morgan fingerprint density at radius 1 is 1.00 bits per heavy atom. The number of hydrogen-bond acceptors (Lipinski definition) is 3. The van der Waals surface area contributed by atoms with Gasteiger partial charge in [0.05, 0.1) is 12.7 Å². The third kappa shape index (κ3) is 3.62. The van der Waals surface area contributed by atoms with Crippen LogP contribution in [0.3, 0.4) is 0 Å². The number of halogens is 1. The van der Waals surface area contributed by atoms with Gasteiger partial charge in [-0.1, -0.05) is 48.0 Å². The minimum atomic E-state index is -0.764. The predicted octanol–water partition coefficient (Wildman–Crippen LogP) is 2.90. The molecule has 0 unspecified atom stereocenters. The molecular weight excluding hydrogens is 324 g/mol. The molecule has 2 aromatic carbocycles. The van der Waals surface area contributed by atoms with E-state index in [1.54, 1.807) is 0 Å². The molecular formula is C19H21ClN2O2. The Bertz CT molecular complexity index is 803. The Morgan fingerprint density at radius 2 is 1.75 bits per heavy atom. The van der Waals surface area contributed by atoms with Gasteiger partial charge < -0.3 is 20.5 Å². The van der Waals surface area contributed by atoms with Crippen LogP contribution in [0.25, 0.3) is 10.9 Å². The molecule has 5 heteroatoms. The van der Waals surface area contributed by atoms with Crippen molar-refractivity contribution in [3.05, 3.63) is 70.9 Å². The van der Waals surface area contributed by atoms with Crippen LogP contribution in [-0.2, 0) is 0 Å². The highest BCUT2D eigenvalue weighted by Crippen LogP contribution is 2.33. The van der Waals surface area contributed by atoms with E-state index >= 15 is 0 Å². The first-order chi connectivity index (χ1) is 11.7. The Morgan fingerprint density at radius 3 is 2.54 bits per heavy atom. The summed E-state index contributed by atoms with van der Waals surface area (Å²) in [5, 5.41) is 23.6. The molecule has 3 rings (SSSR count). The smallest absolute Gasteiger partial charge is 0.0894 e. The number of aliphatic hydroxyl groups is 2. The van der Waals surface area contributed by atoms with E-state index in [2.05, 4.69) is 16.4 Å². The molecule has 24 heavy (non-hydrogen) atoms. The van der Waals surface area contributed by atoms with Gasteiger partial charge in [-0.3, -0.25) is 0 Å². The van der Waals surface area contributed by atoms with Gasteiger partial charge in [-0.05, 0) is 23.3 Å². The number of aromatic nitrogens is 1. The van der Waals surface area contributed by atoms with Crippen molar-refractivity contribution in [3.8, 4) is 0 Å². The van der Waals surface area contributed by atoms with Crippen LogP contribution in [0.4, 0.5) is 0 Å². The zero-order chi connectivity index (χ0) is 16.9. The lowest BCUT2D eigenvalue weighted by atomic mass is 9.90. The van der Waals surface area contributed by atoms with Crippen LogP contribution >= 0.6 is 11.6 Å². The average Bonchev–Trinajstić information content (AvgIpc) is 3.03. The van der Waals surface area contributed by atoms with Crippen molar-refractivity contribution in [2.45, 2.75) is 12.0 Å². The van der Waals surface area contributed by atoms with Gasteiger partial charge in [0.1, 0.15) is 0 Å². The standard InChI is InChI=1S/C19H21ClN2O2/c20-18-7-3-1-5-14(18)16(10-21-9-13(24)12-23)17-11-22-19-8-4-2-6-15(17)19/h1-8,11,13,16,21-24H,9-10,12H2/t13-,16-/m0/s1. The first kappa shape index (κ1) is 17.0. The van der Waals surface area contributed by atoms with Crippen molar-refractivity contribution in [3.63, 3.8) is 0 Å². The number of H-pyrrole nitrogens is 1. The van der Waals surface area contributed by atoms with E-state index in [1.165, 1.54) is 0 Å². The Labute approximate surface area is 146 Å². The molecule has 0 saturated carbocycles. The number of rotatable bonds is 7. The van der Waals surface area contributed by atoms with Crippen molar-refractivity contribution in [1.82, 2.24) is 10.3 Å². The van der Waals surface area contributed by atoms with E-state index in [9.17, 15) is 5.11 Å². The summed E-state index contributed by atoms with van der Waals surface area (Å²) in [5.41, 5.74) is 3.28. The molecule has 0 aliphatic rings. The second-order valence-electron chi connectivity index (χ2n) is 5.86. The van der Waals surface area contributed by atoms with E-state index in [4.69, 9.17) is 16.7 Å². The molecule has 1 aromatic heterocycles. The predicted molar refractivity (Wildman–Crippen MR) is 97.6 cm³/mol. The molecule has 0 amide bonds. The summed E-state index contributed by atoms with van der Waals surface area (Å²) in [4.78, 5) is 3.31. The molecule has 0 spiro atoms. The molecule has 0 aliphatic heterocycles. The summed E-state index contributed by atoms with van der Waals surface area (Å²) in [6.45, 7) is 0.694. The summed E-state index contributed by atoms with van der Waals surface area (Å²) < 4.78 is 0. The number of nitrogens with one attached hydrogen (secondary N) is 2. The van der Waals surface area contributed by atoms with Crippen molar-refractivity contribution >= 4 is 22.5 Å². The number of fused-ring (bicyclic) bond motifs is 1. The van der Waals surface area contributed by atoms with Crippen molar-refractivity contribution < 1.29 is 10.2 Å². The number of para-hydroxylation sites is 1. The summed E-state index contributed by atoms with van der Waals surface area (Å²) in [6, 6.07) is 16.0. The van der Waals surface area contributed by atoms with Gasteiger partial charge in [-0.15, -0.1) is 0 Å². The first-order valence-electron chi connectivity index (χ1n) is 8.00. The van der Waals surface area contributed by atoms with E-state index in [0.717, 1.165) is 27.1 Å². The maximum atomic E-state index is 9.55. The summed E-state index contributed by atoms with van der Waals surface area (Å²) >= 11 is 6.43. The Hall–Kier alpha value is -1.85. The summed E-state index contributed by atoms with van der Waals surface area (Å²) in [5.74, 6) is 0.0424. The highest BCUT2D eigenvalue weighted by atomic mass is 35.5. The fraction of sp³-hybridized carbons (Fsp3) is 0.263. The largest absolute Gasteiger partial charge is 0.394 e. The third-order valence-corrected chi connectivity index (χ3v) is 4.56. The maximum absolute atomic E-state index is 9.55. The number of hydrogen-bond donors (Lipinski definition) is 4. The van der Waals surface area contributed by atoms with Gasteiger partial charge in [0.25, 0.3) is 0 Å². The number of aliphatic hydroxyl groups excluding tert-OH is 2. The SMILES string of the molecule is OC[C@@H](O)CNC[C@@H](c1ccccc1Cl)c1c[nH]c2ccccc12. The zero-order valence-corrected chi connectivity index (χ0v) is 14.0. The minimum Gasteiger partial charge on any atom is -0.394 e. The summed E-state index contributed by atoms with van der Waals surface area (Å²) in [7, 11) is 0. The Kier molecular flexibility index (Phi) is 5.53. The van der Waals surface area contributed by atoms with Crippen LogP contribution in [0.15, 0.2) is 54.7 Å². The third-order valence-electron chi connectivity index (χ3n) is 4.22. The monoisotopic (exact) mass is 344 g/mol. The van der Waals surface area contributed by atoms with Crippen LogP contribution in [0.2, 0.25) is 5.02 Å². The maximum Gasteiger partial charge on any atom is 0.0894 e. The molecule has 0 bridgehead atoms. The van der Waals surface area contributed by atoms with Crippen molar-refractivity contribution in [1.29, 1.82) is 0 Å². The van der Waals surface area contributed by atoms with Crippen LogP contribution in [0.5, 0.6) is 0 Å². The lowest BCUT2D eigenvalue weighted by Gasteiger charge is -2.20. The van der Waals surface area contributed by atoms with Crippen molar-refractivity contribution in [2.24, 2.45) is 0 Å². The number of aromatic amines is 1. The molecule has 0 saturated heterocycles. The molecule has 0 aliphatic carbocycles. The van der Waals surface area contributed by atoms with Gasteiger partial charge in [0.15, 0.2) is 0 Å². The topological polar surface area (TPSA) is 68.3 Å². The zero-order valence-electron chi connectivity index (χ0n) is 13.2. The molecule has 3 aromatic rings. The molecule has 4 N–H and O–H groups in total. The van der Waals surface area contributed by atoms with Gasteiger partial charge in [0.2, 0.25) is 0 Å². The van der Waals surface area contributed by atoms with Gasteiger partial charge in [-0.2, -0.15) is 0 Å². The van der Waals surface area contributed by atoms with E-state index < -0.39 is 6.10 Å². The lowest BCUT2D eigenvalue weighted by Crippen LogP contribution is -2.32. The average molecular weight is 345 g/mol. The molecule has 2 atom stereocenters. The normalized spacial score (nSPS) is 14.0. The van der Waals surface area contributed by atoms with E-state index in [-0.39, 0.29) is 12.5 Å². The van der Waals surface area contributed by atoms with E-state index in [0.29, 0.717) is 13.1 Å². The van der Waals surface area contributed by atoms with Crippen molar-refractivity contribution in [2.75, 3.05) is 19.7 Å². The summed E-state index contributed by atoms with van der Waals surface area (Å²) in [6.07, 6.45) is 1.25. The highest BCUT2D eigenvalue weighted by Gasteiger charge is 2.20. The fourth-order valence-electron chi connectivity index (χ4n) is 2.99. The number of benzene rings is 2. The van der Waals surface area contributed by atoms with Crippen LogP contribution in [0, 0.1) is 0 Å². The Balaban J connectivity index is 1.94.